The first-order valence-corrected chi connectivity index (χ1v) is 13.7. The van der Waals surface area contributed by atoms with Crippen LogP contribution in [-0.4, -0.2) is 49.5 Å². The molecule has 0 saturated carbocycles. The Labute approximate surface area is 244 Å². The number of methoxy groups -OCH3 is 1. The van der Waals surface area contributed by atoms with E-state index in [0.29, 0.717) is 48.4 Å². The van der Waals surface area contributed by atoms with Crippen LogP contribution in [0.1, 0.15) is 57.0 Å². The van der Waals surface area contributed by atoms with Crippen molar-refractivity contribution in [2.45, 2.75) is 38.0 Å². The van der Waals surface area contributed by atoms with E-state index in [-0.39, 0.29) is 30.7 Å². The molecule has 2 atom stereocenters. The molecule has 42 heavy (non-hydrogen) atoms. The van der Waals surface area contributed by atoms with Gasteiger partial charge in [0.2, 0.25) is 6.29 Å². The fourth-order valence-corrected chi connectivity index (χ4v) is 4.41. The average molecular weight is 574 g/mol. The van der Waals surface area contributed by atoms with Crippen molar-refractivity contribution < 1.29 is 33.7 Å². The van der Waals surface area contributed by atoms with Crippen LogP contribution in [0.25, 0.3) is 0 Å². The Morgan fingerprint density at radius 3 is 2.36 bits per heavy atom. The number of para-hydroxylation sites is 2. The van der Waals surface area contributed by atoms with Gasteiger partial charge in [-0.05, 0) is 66.4 Å². The zero-order chi connectivity index (χ0) is 29.9. The number of nitrogens with two attached hydrogens (primary N) is 1. The number of amides is 2. The van der Waals surface area contributed by atoms with Gasteiger partial charge < -0.3 is 35.7 Å². The molecule has 2 amide bonds. The summed E-state index contributed by atoms with van der Waals surface area (Å²) in [5.74, 6) is -1.18. The van der Waals surface area contributed by atoms with Crippen LogP contribution >= 0.6 is 0 Å². The fraction of sp³-hybridized carbons (Fsp3) is 0.281. The second kappa shape index (κ2) is 14.8. The first-order valence-electron chi connectivity index (χ1n) is 13.7. The lowest BCUT2D eigenvalue weighted by Gasteiger charge is -2.29. The van der Waals surface area contributed by atoms with Gasteiger partial charge in [-0.1, -0.05) is 36.4 Å². The van der Waals surface area contributed by atoms with Crippen molar-refractivity contribution in [3.8, 4) is 0 Å². The van der Waals surface area contributed by atoms with Crippen molar-refractivity contribution in [1.29, 1.82) is 0 Å². The van der Waals surface area contributed by atoms with E-state index in [0.717, 1.165) is 11.1 Å². The maximum atomic E-state index is 13.1. The van der Waals surface area contributed by atoms with Gasteiger partial charge in [-0.15, -0.1) is 0 Å². The van der Waals surface area contributed by atoms with Gasteiger partial charge in [0.05, 0.1) is 30.7 Å². The van der Waals surface area contributed by atoms with Crippen LogP contribution in [0.5, 0.6) is 0 Å². The molecule has 4 rings (SSSR count). The Morgan fingerprint density at radius 2 is 1.67 bits per heavy atom. The van der Waals surface area contributed by atoms with Crippen LogP contribution in [-0.2, 0) is 25.5 Å². The summed E-state index contributed by atoms with van der Waals surface area (Å²) in [5, 5.41) is 14.7. The molecule has 3 aromatic carbocycles. The van der Waals surface area contributed by atoms with Crippen LogP contribution in [0.3, 0.4) is 0 Å². The van der Waals surface area contributed by atoms with Gasteiger partial charge >= 0.3 is 5.97 Å². The standard InChI is InChI=1S/C32H35N3O7/c1-40-32(39)24-14-12-22(13-15-24)25-18-28(42-29(19-25)41-17-5-4-16-36)31(38)34-20-21-8-10-23(11-9-21)30(37)35-27-7-3-2-6-26(27)33/h2-3,6-15,18,25,29,36H,4-5,16-17,19-20,33H2,1H3,(H,34,38)(H,35,37)/t25-,29+/m0/s1. The molecule has 1 heterocycles. The summed E-state index contributed by atoms with van der Waals surface area (Å²) in [6.07, 6.45) is 2.84. The first kappa shape index (κ1) is 30.3. The SMILES string of the molecule is COC(=O)c1ccc([C@H]2C=C(C(=O)NCc3ccc(C(=O)Nc4ccccc4N)cc3)O[C@@H](OCCCCO)C2)cc1. The smallest absolute Gasteiger partial charge is 0.337 e. The highest BCUT2D eigenvalue weighted by Gasteiger charge is 2.29. The van der Waals surface area contributed by atoms with Crippen LogP contribution in [0, 0.1) is 0 Å². The van der Waals surface area contributed by atoms with Gasteiger partial charge in [0, 0.05) is 31.1 Å². The molecule has 3 aromatic rings. The van der Waals surface area contributed by atoms with Gasteiger partial charge in [-0.3, -0.25) is 9.59 Å². The van der Waals surface area contributed by atoms with Gasteiger partial charge in [-0.2, -0.15) is 0 Å². The van der Waals surface area contributed by atoms with Crippen LogP contribution in [0.15, 0.2) is 84.6 Å². The number of carbonyl (C=O) groups is 3. The molecule has 10 nitrogen and oxygen atoms in total. The maximum absolute atomic E-state index is 13.1. The molecule has 0 aliphatic carbocycles. The average Bonchev–Trinajstić information content (AvgIpc) is 3.02. The number of aliphatic hydroxyl groups excluding tert-OH is 1. The van der Waals surface area contributed by atoms with Crippen molar-refractivity contribution in [1.82, 2.24) is 5.32 Å². The van der Waals surface area contributed by atoms with E-state index in [2.05, 4.69) is 10.6 Å². The van der Waals surface area contributed by atoms with Crippen LogP contribution in [0.4, 0.5) is 11.4 Å². The molecule has 1 aliphatic heterocycles. The Morgan fingerprint density at radius 1 is 0.952 bits per heavy atom. The Hall–Kier alpha value is -4.67. The summed E-state index contributed by atoms with van der Waals surface area (Å²) in [6, 6.07) is 20.9. The maximum Gasteiger partial charge on any atom is 0.337 e. The largest absolute Gasteiger partial charge is 0.465 e. The van der Waals surface area contributed by atoms with Crippen molar-refractivity contribution >= 4 is 29.2 Å². The lowest BCUT2D eigenvalue weighted by Crippen LogP contribution is -2.32. The molecule has 0 fully saturated rings. The number of esters is 1. The van der Waals surface area contributed by atoms with E-state index in [1.165, 1.54) is 7.11 Å². The summed E-state index contributed by atoms with van der Waals surface area (Å²) in [7, 11) is 1.33. The van der Waals surface area contributed by atoms with Crippen molar-refractivity contribution in [3.63, 3.8) is 0 Å². The number of nitrogen functional groups attached to an aromatic ring is 1. The van der Waals surface area contributed by atoms with Gasteiger partial charge in [0.25, 0.3) is 11.8 Å². The molecule has 0 aromatic heterocycles. The molecule has 10 heteroatoms. The summed E-state index contributed by atoms with van der Waals surface area (Å²) in [4.78, 5) is 37.6. The number of hydrogen-bond donors (Lipinski definition) is 4. The third-order valence-electron chi connectivity index (χ3n) is 6.78. The van der Waals surface area contributed by atoms with E-state index < -0.39 is 18.2 Å². The van der Waals surface area contributed by atoms with Gasteiger partial charge in [-0.25, -0.2) is 4.79 Å². The zero-order valence-electron chi connectivity index (χ0n) is 23.4. The van der Waals surface area contributed by atoms with Gasteiger partial charge in [0.15, 0.2) is 5.76 Å². The monoisotopic (exact) mass is 573 g/mol. The summed E-state index contributed by atoms with van der Waals surface area (Å²) in [6.45, 7) is 0.670. The predicted octanol–water partition coefficient (Wildman–Crippen LogP) is 4.13. The van der Waals surface area contributed by atoms with Gasteiger partial charge in [0.1, 0.15) is 0 Å². The third-order valence-corrected chi connectivity index (χ3v) is 6.78. The Bertz CT molecular complexity index is 1400. The molecule has 0 bridgehead atoms. The topological polar surface area (TPSA) is 149 Å². The number of hydrogen-bond acceptors (Lipinski definition) is 8. The van der Waals surface area contributed by atoms with Crippen LogP contribution in [0.2, 0.25) is 0 Å². The number of rotatable bonds is 12. The normalized spacial score (nSPS) is 16.1. The molecule has 1 aliphatic rings. The highest BCUT2D eigenvalue weighted by molar-refractivity contribution is 6.05. The van der Waals surface area contributed by atoms with Crippen LogP contribution < -0.4 is 16.4 Å². The molecule has 220 valence electrons. The predicted molar refractivity (Wildman–Crippen MR) is 157 cm³/mol. The summed E-state index contributed by atoms with van der Waals surface area (Å²) >= 11 is 0. The quantitative estimate of drug-likeness (QED) is 0.144. The fourth-order valence-electron chi connectivity index (χ4n) is 4.41. The third kappa shape index (κ3) is 8.18. The highest BCUT2D eigenvalue weighted by atomic mass is 16.7. The number of allylic oxidation sites excluding steroid dienone is 1. The van der Waals surface area contributed by atoms with E-state index in [1.54, 1.807) is 66.7 Å². The number of nitrogens with one attached hydrogen (secondary N) is 2. The van der Waals surface area contributed by atoms with E-state index >= 15 is 0 Å². The first-order chi connectivity index (χ1) is 20.4. The number of aliphatic hydroxyl groups is 1. The molecular formula is C32H35N3O7. The lowest BCUT2D eigenvalue weighted by molar-refractivity contribution is -0.146. The molecule has 5 N–H and O–H groups in total. The van der Waals surface area contributed by atoms with E-state index in [9.17, 15) is 14.4 Å². The summed E-state index contributed by atoms with van der Waals surface area (Å²) in [5.41, 5.74) is 9.49. The number of ether oxygens (including phenoxy) is 3. The van der Waals surface area contributed by atoms with E-state index in [4.69, 9.17) is 25.1 Å². The number of unbranched alkanes of at least 4 members (excludes halogenated alkanes) is 1. The molecule has 0 unspecified atom stereocenters. The molecule has 0 spiro atoms. The van der Waals surface area contributed by atoms with E-state index in [1.807, 2.05) is 12.1 Å². The Kier molecular flexibility index (Phi) is 10.7. The number of carbonyl (C=O) groups excluding carboxylic acids is 3. The number of anilines is 2. The zero-order valence-corrected chi connectivity index (χ0v) is 23.4. The van der Waals surface area contributed by atoms with Crippen molar-refractivity contribution in [3.05, 3.63) is 107 Å². The minimum Gasteiger partial charge on any atom is -0.465 e. The minimum atomic E-state index is -0.656. The second-order valence-corrected chi connectivity index (χ2v) is 9.76. The highest BCUT2D eigenvalue weighted by Crippen LogP contribution is 2.32. The number of benzene rings is 3. The molecule has 0 radical (unpaired) electrons. The lowest BCUT2D eigenvalue weighted by atomic mass is 9.92. The minimum absolute atomic E-state index is 0.0743. The van der Waals surface area contributed by atoms with Crippen molar-refractivity contribution in [2.75, 3.05) is 31.4 Å². The molecule has 0 saturated heterocycles. The molecular weight excluding hydrogens is 538 g/mol. The Balaban J connectivity index is 1.40. The summed E-state index contributed by atoms with van der Waals surface area (Å²) < 4.78 is 16.5. The second-order valence-electron chi connectivity index (χ2n) is 9.76. The van der Waals surface area contributed by atoms with Crippen molar-refractivity contribution in [2.24, 2.45) is 0 Å².